The van der Waals surface area contributed by atoms with Gasteiger partial charge in [0.05, 0.1) is 21.4 Å². The van der Waals surface area contributed by atoms with Gasteiger partial charge in [0.25, 0.3) is 0 Å². The number of nitrogens with one attached hydrogen (secondary N) is 2. The van der Waals surface area contributed by atoms with E-state index in [0.717, 1.165) is 54.0 Å². The van der Waals surface area contributed by atoms with E-state index in [2.05, 4.69) is 62.4 Å². The summed E-state index contributed by atoms with van der Waals surface area (Å²) in [5.41, 5.74) is 8.55. The van der Waals surface area contributed by atoms with Crippen LogP contribution in [0.15, 0.2) is 48.1 Å². The highest BCUT2D eigenvalue weighted by atomic mass is 32.1. The molecule has 3 aromatic heterocycles. The van der Waals surface area contributed by atoms with Gasteiger partial charge in [-0.3, -0.25) is 4.90 Å². The third kappa shape index (κ3) is 3.11. The van der Waals surface area contributed by atoms with E-state index >= 15 is 0 Å². The fraction of sp³-hybridized carbons (Fsp3) is 0.238. The summed E-state index contributed by atoms with van der Waals surface area (Å²) in [4.78, 5) is 14.8. The molecule has 136 valence electrons. The van der Waals surface area contributed by atoms with Gasteiger partial charge in [-0.25, -0.2) is 9.97 Å². The molecule has 0 saturated carbocycles. The molecular weight excluding hydrogens is 354 g/mol. The zero-order valence-corrected chi connectivity index (χ0v) is 16.0. The molecule has 4 heterocycles. The van der Waals surface area contributed by atoms with E-state index in [1.165, 1.54) is 16.0 Å². The molecule has 27 heavy (non-hydrogen) atoms. The number of hydrogen-bond donors (Lipinski definition) is 2. The van der Waals surface area contributed by atoms with Crippen LogP contribution >= 0.6 is 11.3 Å². The fourth-order valence-corrected chi connectivity index (χ4v) is 4.36. The summed E-state index contributed by atoms with van der Waals surface area (Å²) in [6, 6.07) is 10.5. The highest BCUT2D eigenvalue weighted by Crippen LogP contribution is 2.31. The summed E-state index contributed by atoms with van der Waals surface area (Å²) in [6.07, 6.45) is 5.26. The number of anilines is 2. The van der Waals surface area contributed by atoms with E-state index < -0.39 is 0 Å². The second-order valence-corrected chi connectivity index (χ2v) is 7.72. The Morgan fingerprint density at radius 1 is 1.22 bits per heavy atom. The molecule has 0 saturated heterocycles. The maximum Gasteiger partial charge on any atom is 0.139 e. The number of aromatic nitrogens is 3. The zero-order valence-electron chi connectivity index (χ0n) is 15.2. The smallest absolute Gasteiger partial charge is 0.139 e. The molecule has 4 aromatic rings. The van der Waals surface area contributed by atoms with Crippen molar-refractivity contribution in [2.45, 2.75) is 13.3 Å². The van der Waals surface area contributed by atoms with Crippen molar-refractivity contribution >= 4 is 49.5 Å². The Hall–Kier alpha value is -2.70. The number of nitrogens with zero attached hydrogens (tertiary/aromatic N) is 3. The molecule has 1 aliphatic heterocycles. The topological polar surface area (TPSA) is 56.8 Å². The molecular formula is C21H21N5S. The molecule has 5 nitrogen and oxygen atoms in total. The van der Waals surface area contributed by atoms with Crippen LogP contribution < -0.4 is 5.32 Å². The minimum Gasteiger partial charge on any atom is -0.355 e. The first kappa shape index (κ1) is 16.5. The molecule has 0 aliphatic carbocycles. The van der Waals surface area contributed by atoms with E-state index in [4.69, 9.17) is 0 Å². The van der Waals surface area contributed by atoms with Gasteiger partial charge in [0.15, 0.2) is 0 Å². The van der Waals surface area contributed by atoms with Crippen LogP contribution in [0.5, 0.6) is 0 Å². The van der Waals surface area contributed by atoms with Crippen molar-refractivity contribution in [2.24, 2.45) is 0 Å². The molecule has 6 heteroatoms. The van der Waals surface area contributed by atoms with E-state index in [-0.39, 0.29) is 0 Å². The van der Waals surface area contributed by atoms with Crippen LogP contribution in [-0.4, -0.2) is 39.5 Å². The van der Waals surface area contributed by atoms with Gasteiger partial charge in [-0.1, -0.05) is 13.0 Å². The van der Waals surface area contributed by atoms with E-state index in [9.17, 15) is 0 Å². The van der Waals surface area contributed by atoms with E-state index in [1.807, 2.05) is 17.8 Å². The average Bonchev–Trinajstić information content (AvgIpc) is 3.35. The molecule has 2 N–H and O–H groups in total. The van der Waals surface area contributed by atoms with Crippen molar-refractivity contribution in [1.82, 2.24) is 19.9 Å². The van der Waals surface area contributed by atoms with E-state index in [1.54, 1.807) is 11.3 Å². The summed E-state index contributed by atoms with van der Waals surface area (Å²) in [5, 5.41) is 4.67. The molecule has 5 rings (SSSR count). The molecule has 0 spiro atoms. The first-order valence-electron chi connectivity index (χ1n) is 9.30. The molecule has 1 aliphatic rings. The summed E-state index contributed by atoms with van der Waals surface area (Å²) in [5.74, 6) is 0. The molecule has 1 aromatic carbocycles. The second kappa shape index (κ2) is 6.79. The number of rotatable bonds is 4. The Morgan fingerprint density at radius 3 is 3.04 bits per heavy atom. The first-order chi connectivity index (χ1) is 13.3. The van der Waals surface area contributed by atoms with Crippen molar-refractivity contribution in [2.75, 3.05) is 25.0 Å². The number of likely N-dealkylation sites (N-methyl/N-ethyl adjacent to an activating group) is 1. The second-order valence-electron chi connectivity index (χ2n) is 6.84. The summed E-state index contributed by atoms with van der Waals surface area (Å²) in [7, 11) is 0. The van der Waals surface area contributed by atoms with Gasteiger partial charge in [-0.15, -0.1) is 11.3 Å². The van der Waals surface area contributed by atoms with E-state index in [0.29, 0.717) is 0 Å². The third-order valence-corrected chi connectivity index (χ3v) is 6.02. The normalized spacial score (nSPS) is 15.4. The predicted octanol–water partition coefficient (Wildman–Crippen LogP) is 5.03. The number of fused-ring (bicyclic) bond motifs is 2. The van der Waals surface area contributed by atoms with Crippen LogP contribution in [0.4, 0.5) is 11.4 Å². The van der Waals surface area contributed by atoms with Crippen LogP contribution in [0.1, 0.15) is 19.0 Å². The molecule has 0 bridgehead atoms. The monoisotopic (exact) mass is 375 g/mol. The summed E-state index contributed by atoms with van der Waals surface area (Å²) < 4.78 is 1.19. The highest BCUT2D eigenvalue weighted by Gasteiger charge is 2.15. The molecule has 0 radical (unpaired) electrons. The third-order valence-electron chi connectivity index (χ3n) is 5.23. The molecule has 0 amide bonds. The standard InChI is InChI=1S/C21H21N5S/c1-2-26-9-6-14(7-10-26)19-12-16-17(5-8-22-21(16)25-19)24-15-3-4-18-20(11-15)27-13-23-18/h3-6,8,11-13H,2,7,9-10H2,1H3,(H2,22,24,25). The highest BCUT2D eigenvalue weighted by molar-refractivity contribution is 7.16. The van der Waals surface area contributed by atoms with Crippen molar-refractivity contribution < 1.29 is 0 Å². The number of hydrogen-bond acceptors (Lipinski definition) is 5. The summed E-state index contributed by atoms with van der Waals surface area (Å²) in [6.45, 7) is 5.46. The van der Waals surface area contributed by atoms with Crippen LogP contribution in [0.2, 0.25) is 0 Å². The SMILES string of the molecule is CCN1CC=C(c2cc3c(Nc4ccc5ncsc5c4)ccnc3[nH]2)CC1. The fourth-order valence-electron chi connectivity index (χ4n) is 3.64. The number of aromatic amines is 1. The largest absolute Gasteiger partial charge is 0.355 e. The number of thiazole rings is 1. The average molecular weight is 376 g/mol. The van der Waals surface area contributed by atoms with Gasteiger partial charge in [-0.05, 0) is 48.9 Å². The van der Waals surface area contributed by atoms with Crippen LogP contribution in [-0.2, 0) is 0 Å². The van der Waals surface area contributed by atoms with Crippen molar-refractivity contribution in [3.8, 4) is 0 Å². The van der Waals surface area contributed by atoms with Gasteiger partial charge in [-0.2, -0.15) is 0 Å². The summed E-state index contributed by atoms with van der Waals surface area (Å²) >= 11 is 1.66. The van der Waals surface area contributed by atoms with Gasteiger partial charge in [0.1, 0.15) is 5.65 Å². The van der Waals surface area contributed by atoms with Crippen LogP contribution in [0.25, 0.3) is 26.8 Å². The molecule has 0 atom stereocenters. The lowest BCUT2D eigenvalue weighted by Crippen LogP contribution is -2.28. The van der Waals surface area contributed by atoms with Crippen LogP contribution in [0.3, 0.4) is 0 Å². The first-order valence-corrected chi connectivity index (χ1v) is 10.2. The van der Waals surface area contributed by atoms with Gasteiger partial charge in [0.2, 0.25) is 0 Å². The molecule has 0 fully saturated rings. The van der Waals surface area contributed by atoms with Crippen LogP contribution in [0, 0.1) is 0 Å². The Labute approximate surface area is 161 Å². The number of pyridine rings is 1. The van der Waals surface area contributed by atoms with Gasteiger partial charge < -0.3 is 10.3 Å². The molecule has 0 unspecified atom stereocenters. The lowest BCUT2D eigenvalue weighted by molar-refractivity contribution is 0.318. The minimum atomic E-state index is 0.924. The lowest BCUT2D eigenvalue weighted by atomic mass is 10.0. The van der Waals surface area contributed by atoms with Gasteiger partial charge >= 0.3 is 0 Å². The Morgan fingerprint density at radius 2 is 2.19 bits per heavy atom. The number of H-pyrrole nitrogens is 1. The maximum atomic E-state index is 4.53. The predicted molar refractivity (Wildman–Crippen MR) is 114 cm³/mol. The maximum absolute atomic E-state index is 4.53. The Balaban J connectivity index is 1.48. The quantitative estimate of drug-likeness (QED) is 0.525. The van der Waals surface area contributed by atoms with Crippen molar-refractivity contribution in [1.29, 1.82) is 0 Å². The van der Waals surface area contributed by atoms with Crippen molar-refractivity contribution in [3.05, 3.63) is 53.8 Å². The number of benzene rings is 1. The minimum absolute atomic E-state index is 0.924. The van der Waals surface area contributed by atoms with Crippen molar-refractivity contribution in [3.63, 3.8) is 0 Å². The van der Waals surface area contributed by atoms with Gasteiger partial charge in [0, 0.05) is 36.1 Å². The Bertz CT molecular complexity index is 1140. The Kier molecular flexibility index (Phi) is 4.14. The zero-order chi connectivity index (χ0) is 18.2. The lowest BCUT2D eigenvalue weighted by Gasteiger charge is -2.24.